The zero-order valence-corrected chi connectivity index (χ0v) is 12.9. The molecule has 0 bridgehead atoms. The number of fused-ring (bicyclic) bond motifs is 1. The van der Waals surface area contributed by atoms with Crippen molar-refractivity contribution in [1.29, 1.82) is 0 Å². The van der Waals surface area contributed by atoms with E-state index < -0.39 is 0 Å². The lowest BCUT2D eigenvalue weighted by molar-refractivity contribution is -0.0381. The lowest BCUT2D eigenvalue weighted by atomic mass is 9.99. The maximum Gasteiger partial charge on any atom is 0.199 e. The number of rotatable bonds is 3. The van der Waals surface area contributed by atoms with E-state index in [1.807, 2.05) is 0 Å². The highest BCUT2D eigenvalue weighted by Crippen LogP contribution is 2.44. The van der Waals surface area contributed by atoms with Crippen LogP contribution in [-0.2, 0) is 4.74 Å². The molecule has 110 valence electrons. The summed E-state index contributed by atoms with van der Waals surface area (Å²) in [7, 11) is 0. The van der Waals surface area contributed by atoms with Crippen LogP contribution in [0, 0.1) is 0 Å². The van der Waals surface area contributed by atoms with Gasteiger partial charge in [0.25, 0.3) is 0 Å². The second-order valence-electron chi connectivity index (χ2n) is 5.76. The maximum absolute atomic E-state index is 6.08. The van der Waals surface area contributed by atoms with Crippen molar-refractivity contribution in [2.75, 3.05) is 12.4 Å². The lowest BCUT2D eigenvalue weighted by Gasteiger charge is -2.18. The van der Waals surface area contributed by atoms with E-state index in [0.29, 0.717) is 5.25 Å². The molecule has 2 heterocycles. The largest absolute Gasteiger partial charge is 0.464 e. The van der Waals surface area contributed by atoms with Gasteiger partial charge in [-0.05, 0) is 42.0 Å². The molecule has 2 aromatic rings. The Morgan fingerprint density at radius 3 is 2.67 bits per heavy atom. The molecule has 2 aliphatic heterocycles. The molecule has 0 N–H and O–H groups in total. The molecule has 0 aliphatic carbocycles. The molecule has 0 saturated carbocycles. The van der Waals surface area contributed by atoms with Gasteiger partial charge in [0, 0.05) is 17.1 Å². The van der Waals surface area contributed by atoms with Crippen molar-refractivity contribution in [2.24, 2.45) is 0 Å². The highest BCUT2D eigenvalue weighted by molar-refractivity contribution is 7.99. The van der Waals surface area contributed by atoms with Crippen LogP contribution in [0.2, 0.25) is 0 Å². The van der Waals surface area contributed by atoms with Crippen molar-refractivity contribution in [3.05, 3.63) is 42.0 Å². The van der Waals surface area contributed by atoms with Crippen molar-refractivity contribution >= 4 is 22.5 Å². The van der Waals surface area contributed by atoms with Gasteiger partial charge in [-0.3, -0.25) is 0 Å². The molecular formula is C18H20O2S. The fourth-order valence-corrected chi connectivity index (χ4v) is 4.62. The first-order chi connectivity index (χ1) is 10.4. The van der Waals surface area contributed by atoms with Crippen LogP contribution in [0.25, 0.3) is 10.8 Å². The Morgan fingerprint density at radius 1 is 1.00 bits per heavy atom. The Balaban J connectivity index is 1.73. The van der Waals surface area contributed by atoms with Gasteiger partial charge in [0.15, 0.2) is 6.29 Å². The van der Waals surface area contributed by atoms with Crippen LogP contribution in [0.4, 0.5) is 0 Å². The zero-order chi connectivity index (χ0) is 14.1. The summed E-state index contributed by atoms with van der Waals surface area (Å²) < 4.78 is 11.7. The molecule has 2 unspecified atom stereocenters. The smallest absolute Gasteiger partial charge is 0.199 e. The first-order valence-electron chi connectivity index (χ1n) is 7.83. The summed E-state index contributed by atoms with van der Waals surface area (Å²) in [6, 6.07) is 13.0. The highest BCUT2D eigenvalue weighted by atomic mass is 32.2. The van der Waals surface area contributed by atoms with Crippen LogP contribution in [0.15, 0.2) is 36.4 Å². The van der Waals surface area contributed by atoms with Gasteiger partial charge in [-0.15, -0.1) is 0 Å². The minimum atomic E-state index is -0.0693. The van der Waals surface area contributed by atoms with Gasteiger partial charge in [0.2, 0.25) is 0 Å². The number of benzene rings is 2. The summed E-state index contributed by atoms with van der Waals surface area (Å²) in [4.78, 5) is 0. The van der Waals surface area contributed by atoms with E-state index in [-0.39, 0.29) is 6.29 Å². The van der Waals surface area contributed by atoms with Crippen LogP contribution in [0.5, 0.6) is 5.75 Å². The summed E-state index contributed by atoms with van der Waals surface area (Å²) >= 11 is 2.08. The average molecular weight is 300 g/mol. The van der Waals surface area contributed by atoms with E-state index in [4.69, 9.17) is 9.47 Å². The molecule has 2 atom stereocenters. The molecule has 2 nitrogen and oxygen atoms in total. The van der Waals surface area contributed by atoms with E-state index in [0.717, 1.165) is 25.2 Å². The van der Waals surface area contributed by atoms with E-state index in [9.17, 15) is 0 Å². The SMILES string of the molecule is c1ccc2c(C3CCCS3)ccc(OC3CCCO3)c2c1. The predicted octanol–water partition coefficient (Wildman–Crippen LogP) is 4.92. The third-order valence-electron chi connectivity index (χ3n) is 4.34. The molecule has 0 spiro atoms. The maximum atomic E-state index is 6.08. The minimum absolute atomic E-state index is 0.0693. The molecule has 2 saturated heterocycles. The molecule has 0 radical (unpaired) electrons. The van der Waals surface area contributed by atoms with Gasteiger partial charge in [-0.1, -0.05) is 30.3 Å². The van der Waals surface area contributed by atoms with Crippen LogP contribution in [0.1, 0.15) is 36.5 Å². The Kier molecular flexibility index (Phi) is 3.78. The van der Waals surface area contributed by atoms with Gasteiger partial charge in [0.1, 0.15) is 5.75 Å². The molecule has 2 aliphatic rings. The second kappa shape index (κ2) is 5.90. The fourth-order valence-electron chi connectivity index (χ4n) is 3.28. The van der Waals surface area contributed by atoms with E-state index in [1.54, 1.807) is 0 Å². The van der Waals surface area contributed by atoms with Crippen LogP contribution >= 0.6 is 11.8 Å². The predicted molar refractivity (Wildman–Crippen MR) is 88.0 cm³/mol. The molecule has 0 amide bonds. The van der Waals surface area contributed by atoms with Crippen LogP contribution in [-0.4, -0.2) is 18.6 Å². The van der Waals surface area contributed by atoms with Crippen molar-refractivity contribution < 1.29 is 9.47 Å². The molecule has 0 aromatic heterocycles. The van der Waals surface area contributed by atoms with Crippen LogP contribution < -0.4 is 4.74 Å². The van der Waals surface area contributed by atoms with E-state index in [2.05, 4.69) is 48.2 Å². The molecule has 21 heavy (non-hydrogen) atoms. The Morgan fingerprint density at radius 2 is 1.90 bits per heavy atom. The van der Waals surface area contributed by atoms with Gasteiger partial charge < -0.3 is 9.47 Å². The van der Waals surface area contributed by atoms with Crippen molar-refractivity contribution in [3.63, 3.8) is 0 Å². The topological polar surface area (TPSA) is 18.5 Å². The Hall–Kier alpha value is -1.19. The van der Waals surface area contributed by atoms with Crippen LogP contribution in [0.3, 0.4) is 0 Å². The van der Waals surface area contributed by atoms with Gasteiger partial charge in [-0.2, -0.15) is 11.8 Å². The molecule has 2 fully saturated rings. The highest BCUT2D eigenvalue weighted by Gasteiger charge is 2.22. The zero-order valence-electron chi connectivity index (χ0n) is 12.1. The second-order valence-corrected chi connectivity index (χ2v) is 7.07. The molecule has 3 heteroatoms. The number of ether oxygens (including phenoxy) is 2. The standard InChI is InChI=1S/C18H20O2S/c1-2-6-14-13(5-1)15(17-7-4-12-21-17)9-10-16(14)20-18-8-3-11-19-18/h1-2,5-6,9-10,17-18H,3-4,7-8,11-12H2. The summed E-state index contributed by atoms with van der Waals surface area (Å²) in [5.41, 5.74) is 1.47. The summed E-state index contributed by atoms with van der Waals surface area (Å²) in [5.74, 6) is 2.25. The normalized spacial score (nSPS) is 25.5. The molecule has 2 aromatic carbocycles. The first kappa shape index (κ1) is 13.5. The van der Waals surface area contributed by atoms with E-state index >= 15 is 0 Å². The van der Waals surface area contributed by atoms with Gasteiger partial charge >= 0.3 is 0 Å². The fraction of sp³-hybridized carbons (Fsp3) is 0.444. The first-order valence-corrected chi connectivity index (χ1v) is 8.88. The monoisotopic (exact) mass is 300 g/mol. The van der Waals surface area contributed by atoms with Gasteiger partial charge in [0.05, 0.1) is 6.61 Å². The molecular weight excluding hydrogens is 280 g/mol. The third kappa shape index (κ3) is 2.65. The Bertz CT molecular complexity index is 628. The lowest BCUT2D eigenvalue weighted by Crippen LogP contribution is -2.14. The Labute approximate surface area is 129 Å². The third-order valence-corrected chi connectivity index (χ3v) is 5.76. The van der Waals surface area contributed by atoms with Crippen molar-refractivity contribution in [3.8, 4) is 5.75 Å². The number of hydrogen-bond donors (Lipinski definition) is 0. The quantitative estimate of drug-likeness (QED) is 0.801. The minimum Gasteiger partial charge on any atom is -0.464 e. The van der Waals surface area contributed by atoms with Crippen molar-refractivity contribution in [1.82, 2.24) is 0 Å². The number of hydrogen-bond acceptors (Lipinski definition) is 3. The summed E-state index contributed by atoms with van der Waals surface area (Å²) in [5, 5.41) is 3.21. The van der Waals surface area contributed by atoms with Crippen molar-refractivity contribution in [2.45, 2.75) is 37.2 Å². The summed E-state index contributed by atoms with van der Waals surface area (Å²) in [6.45, 7) is 0.819. The van der Waals surface area contributed by atoms with Gasteiger partial charge in [-0.25, -0.2) is 0 Å². The molecule has 4 rings (SSSR count). The number of thioether (sulfide) groups is 1. The average Bonchev–Trinajstić information content (AvgIpc) is 3.21. The van der Waals surface area contributed by atoms with E-state index in [1.165, 1.54) is 34.9 Å². The summed E-state index contributed by atoms with van der Waals surface area (Å²) in [6.07, 6.45) is 4.65.